The van der Waals surface area contributed by atoms with E-state index in [-0.39, 0.29) is 24.8 Å². The van der Waals surface area contributed by atoms with Gasteiger partial charge < -0.3 is 30.2 Å². The number of nitrogens with zero attached hydrogens (tertiary/aromatic N) is 1. The summed E-state index contributed by atoms with van der Waals surface area (Å²) in [4.78, 5) is 30.0. The number of hydrogen-bond donors (Lipinski definition) is 5. The van der Waals surface area contributed by atoms with Crippen LogP contribution in [0, 0.1) is 5.92 Å². The van der Waals surface area contributed by atoms with Crippen LogP contribution in [0.3, 0.4) is 0 Å². The minimum atomic E-state index is -4.63. The van der Waals surface area contributed by atoms with Crippen LogP contribution < -0.4 is 5.32 Å². The maximum Gasteiger partial charge on any atom is 0.469 e. The van der Waals surface area contributed by atoms with Crippen LogP contribution in [0.2, 0.25) is 0 Å². The number of amides is 1. The minimum absolute atomic E-state index is 0.224. The zero-order valence-electron chi connectivity index (χ0n) is 11.0. The molecule has 1 amide bonds. The molecule has 1 saturated carbocycles. The summed E-state index contributed by atoms with van der Waals surface area (Å²) in [6, 6.07) is -0.574. The number of aliphatic hydroxyl groups excluding tert-OH is 2. The van der Waals surface area contributed by atoms with Gasteiger partial charge in [0.25, 0.3) is 5.91 Å². The van der Waals surface area contributed by atoms with E-state index in [0.29, 0.717) is 0 Å². The number of hydrogen-bond acceptors (Lipinski definition) is 6. The smallest absolute Gasteiger partial charge is 0.390 e. The highest BCUT2D eigenvalue weighted by atomic mass is 31.2. The van der Waals surface area contributed by atoms with Crippen molar-refractivity contribution in [3.63, 3.8) is 0 Å². The fraction of sp³-hybridized carbons (Fsp3) is 0.545. The van der Waals surface area contributed by atoms with E-state index in [1.165, 1.54) is 17.2 Å². The van der Waals surface area contributed by atoms with E-state index < -0.39 is 32.0 Å². The lowest BCUT2D eigenvalue weighted by Gasteiger charge is -2.33. The molecule has 1 heterocycles. The topological polar surface area (TPSA) is 140 Å². The van der Waals surface area contributed by atoms with Gasteiger partial charge in [0, 0.05) is 18.2 Å². The second-order valence-corrected chi connectivity index (χ2v) is 6.23. The molecule has 0 aromatic heterocycles. The number of phosphoric acid groups is 1. The van der Waals surface area contributed by atoms with Crippen molar-refractivity contribution in [2.24, 2.45) is 5.92 Å². The Bertz CT molecular complexity index is 517. The Morgan fingerprint density at radius 2 is 2.10 bits per heavy atom. The molecule has 0 aromatic carbocycles. The molecule has 0 spiro atoms. The summed E-state index contributed by atoms with van der Waals surface area (Å²) >= 11 is 0. The van der Waals surface area contributed by atoms with Crippen LogP contribution in [0.4, 0.5) is 0 Å². The quantitative estimate of drug-likeness (QED) is 0.399. The number of carbonyl (C=O) groups excluding carboxylic acids is 1. The summed E-state index contributed by atoms with van der Waals surface area (Å²) in [6.45, 7) is 3.28. The molecule has 4 atom stereocenters. The van der Waals surface area contributed by atoms with E-state index in [0.717, 1.165) is 0 Å². The molecule has 9 nitrogen and oxygen atoms in total. The van der Waals surface area contributed by atoms with Gasteiger partial charge >= 0.3 is 7.82 Å². The largest absolute Gasteiger partial charge is 0.469 e. The first-order chi connectivity index (χ1) is 9.69. The van der Waals surface area contributed by atoms with Gasteiger partial charge in [0.2, 0.25) is 0 Å². The maximum atomic E-state index is 11.2. The summed E-state index contributed by atoms with van der Waals surface area (Å²) in [6.07, 6.45) is 0.565. The molecule has 0 radical (unpaired) electrons. The van der Waals surface area contributed by atoms with Crippen LogP contribution in [0.5, 0.6) is 0 Å². The monoisotopic (exact) mass is 320 g/mol. The third kappa shape index (κ3) is 3.70. The molecule has 1 unspecified atom stereocenters. The Balaban J connectivity index is 2.06. The lowest BCUT2D eigenvalue weighted by atomic mass is 10.1. The lowest BCUT2D eigenvalue weighted by molar-refractivity contribution is -0.116. The molecule has 0 aromatic rings. The van der Waals surface area contributed by atoms with Gasteiger partial charge in [-0.05, 0) is 6.42 Å². The predicted octanol–water partition coefficient (Wildman–Crippen LogP) is -1.38. The molecule has 1 aliphatic carbocycles. The van der Waals surface area contributed by atoms with Crippen molar-refractivity contribution >= 4 is 13.7 Å². The number of phosphoric ester groups is 1. The van der Waals surface area contributed by atoms with Crippen LogP contribution in [-0.4, -0.2) is 55.7 Å². The zero-order chi connectivity index (χ0) is 15.8. The molecule has 5 N–H and O–H groups in total. The number of nitrogens with one attached hydrogen (secondary N) is 1. The molecular formula is C11H17N2O7P. The van der Waals surface area contributed by atoms with E-state index in [9.17, 15) is 19.6 Å². The first-order valence-corrected chi connectivity index (χ1v) is 7.74. The summed E-state index contributed by atoms with van der Waals surface area (Å²) in [5.74, 6) is -0.725. The molecule has 2 rings (SSSR count). The zero-order valence-corrected chi connectivity index (χ0v) is 11.9. The van der Waals surface area contributed by atoms with E-state index in [4.69, 9.17) is 9.79 Å². The molecular weight excluding hydrogens is 303 g/mol. The van der Waals surface area contributed by atoms with Crippen molar-refractivity contribution in [2.75, 3.05) is 6.61 Å². The van der Waals surface area contributed by atoms with Crippen molar-refractivity contribution < 1.29 is 33.9 Å². The van der Waals surface area contributed by atoms with Crippen molar-refractivity contribution in [1.82, 2.24) is 10.2 Å². The average Bonchev–Trinajstić information content (AvgIpc) is 2.64. The van der Waals surface area contributed by atoms with Crippen LogP contribution in [-0.2, 0) is 13.9 Å². The molecule has 21 heavy (non-hydrogen) atoms. The first kappa shape index (κ1) is 16.2. The van der Waals surface area contributed by atoms with Gasteiger partial charge in [-0.25, -0.2) is 4.57 Å². The van der Waals surface area contributed by atoms with Crippen LogP contribution in [0.25, 0.3) is 0 Å². The normalized spacial score (nSPS) is 33.4. The number of carbonyl (C=O) groups is 1. The fourth-order valence-electron chi connectivity index (χ4n) is 2.53. The van der Waals surface area contributed by atoms with Crippen LogP contribution in [0.1, 0.15) is 6.42 Å². The predicted molar refractivity (Wildman–Crippen MR) is 70.2 cm³/mol. The SMILES string of the molecule is C=C1NC(=O)C=CN1C1C[C@H](COP(=O)(O)O)[C@@H](O)[C@H]1O. The molecule has 2 aliphatic rings. The highest BCUT2D eigenvalue weighted by Gasteiger charge is 2.45. The molecule has 1 fully saturated rings. The summed E-state index contributed by atoms with van der Waals surface area (Å²) < 4.78 is 15.1. The van der Waals surface area contributed by atoms with Gasteiger partial charge in [0.1, 0.15) is 11.9 Å². The average molecular weight is 320 g/mol. The Labute approximate surface area is 120 Å². The summed E-state index contributed by atoms with van der Waals surface area (Å²) in [5, 5.41) is 22.5. The van der Waals surface area contributed by atoms with E-state index in [1.54, 1.807) is 0 Å². The molecule has 1 aliphatic heterocycles. The van der Waals surface area contributed by atoms with Gasteiger partial charge in [-0.15, -0.1) is 0 Å². The Kier molecular flexibility index (Phi) is 4.52. The van der Waals surface area contributed by atoms with E-state index in [2.05, 4.69) is 16.4 Å². The standard InChI is InChI=1S/C11H17N2O7P/c1-6-12-9(14)2-3-13(6)8-4-7(10(15)11(8)16)5-20-21(17,18)19/h2-3,7-8,10-11,15-16H,1,4-5H2,(H,12,14)(H2,17,18,19)/t7-,8?,10-,11+/m1/s1. The minimum Gasteiger partial charge on any atom is -0.390 e. The number of aliphatic hydroxyl groups is 2. The second-order valence-electron chi connectivity index (χ2n) is 4.99. The Hall–Kier alpha value is -1.22. The van der Waals surface area contributed by atoms with E-state index >= 15 is 0 Å². The second kappa shape index (κ2) is 5.88. The summed E-state index contributed by atoms with van der Waals surface area (Å²) in [7, 11) is -4.63. The highest BCUT2D eigenvalue weighted by Crippen LogP contribution is 2.39. The first-order valence-electron chi connectivity index (χ1n) is 6.21. The Morgan fingerprint density at radius 1 is 1.43 bits per heavy atom. The van der Waals surface area contributed by atoms with Gasteiger partial charge in [-0.2, -0.15) is 0 Å². The van der Waals surface area contributed by atoms with Gasteiger partial charge in [-0.1, -0.05) is 6.58 Å². The van der Waals surface area contributed by atoms with Crippen molar-refractivity contribution in [1.29, 1.82) is 0 Å². The van der Waals surface area contributed by atoms with Gasteiger partial charge in [-0.3, -0.25) is 9.32 Å². The third-order valence-electron chi connectivity index (χ3n) is 3.55. The molecule has 10 heteroatoms. The van der Waals surface area contributed by atoms with Crippen molar-refractivity contribution in [3.05, 3.63) is 24.7 Å². The van der Waals surface area contributed by atoms with Gasteiger partial charge in [0.15, 0.2) is 0 Å². The van der Waals surface area contributed by atoms with Crippen LogP contribution in [0.15, 0.2) is 24.7 Å². The molecule has 118 valence electrons. The maximum absolute atomic E-state index is 11.2. The fourth-order valence-corrected chi connectivity index (χ4v) is 2.92. The summed E-state index contributed by atoms with van der Waals surface area (Å²) in [5.41, 5.74) is 0. The van der Waals surface area contributed by atoms with Crippen LogP contribution >= 0.6 is 7.82 Å². The lowest BCUT2D eigenvalue weighted by Crippen LogP contribution is -2.45. The molecule has 0 bridgehead atoms. The molecule has 0 saturated heterocycles. The third-order valence-corrected chi connectivity index (χ3v) is 4.04. The number of rotatable bonds is 4. The Morgan fingerprint density at radius 3 is 2.67 bits per heavy atom. The van der Waals surface area contributed by atoms with Crippen molar-refractivity contribution in [2.45, 2.75) is 24.7 Å². The van der Waals surface area contributed by atoms with Gasteiger partial charge in [0.05, 0.1) is 18.8 Å². The highest BCUT2D eigenvalue weighted by molar-refractivity contribution is 7.46. The van der Waals surface area contributed by atoms with Crippen molar-refractivity contribution in [3.8, 4) is 0 Å². The van der Waals surface area contributed by atoms with E-state index in [1.807, 2.05) is 0 Å².